The van der Waals surface area contributed by atoms with Crippen molar-refractivity contribution in [3.05, 3.63) is 12.2 Å². The number of halogens is 1. The first-order chi connectivity index (χ1) is 9.77. The summed E-state index contributed by atoms with van der Waals surface area (Å²) in [5.41, 5.74) is 0. The minimum atomic E-state index is 0. The first-order valence-electron chi connectivity index (χ1n) is 7.20. The maximum atomic E-state index is 5.50. The molecule has 0 spiro atoms. The number of hydrogen-bond acceptors (Lipinski definition) is 4. The third kappa shape index (κ3) is 8.86. The van der Waals surface area contributed by atoms with Crippen LogP contribution in [0.1, 0.15) is 32.5 Å². The standard InChI is InChI=1S/C13H26N6O.HI/c1-4-6-8-20-9-7-15-13(14-5-2)16-10-12-17-11-18-19(12)3;/h11H,4-10H2,1-3H3,(H2,14,15,16);1H. The van der Waals surface area contributed by atoms with Gasteiger partial charge in [-0.3, -0.25) is 4.68 Å². The van der Waals surface area contributed by atoms with Crippen molar-refractivity contribution in [1.29, 1.82) is 0 Å². The van der Waals surface area contributed by atoms with Crippen LogP contribution in [0.3, 0.4) is 0 Å². The summed E-state index contributed by atoms with van der Waals surface area (Å²) in [7, 11) is 1.86. The highest BCUT2D eigenvalue weighted by atomic mass is 127. The van der Waals surface area contributed by atoms with Crippen LogP contribution in [0.15, 0.2) is 11.3 Å². The van der Waals surface area contributed by atoms with Crippen molar-refractivity contribution in [2.75, 3.05) is 26.3 Å². The molecule has 0 bridgehead atoms. The van der Waals surface area contributed by atoms with E-state index in [2.05, 4.69) is 32.6 Å². The molecule has 0 unspecified atom stereocenters. The average Bonchev–Trinajstić information content (AvgIpc) is 2.85. The summed E-state index contributed by atoms with van der Waals surface area (Å²) in [6.07, 6.45) is 3.81. The molecule has 122 valence electrons. The number of ether oxygens (including phenoxy) is 1. The predicted octanol–water partition coefficient (Wildman–Crippen LogP) is 1.30. The van der Waals surface area contributed by atoms with Crippen molar-refractivity contribution in [1.82, 2.24) is 25.4 Å². The van der Waals surface area contributed by atoms with Gasteiger partial charge in [0.05, 0.1) is 6.61 Å². The fraction of sp³-hybridized carbons (Fsp3) is 0.769. The quantitative estimate of drug-likeness (QED) is 0.278. The van der Waals surface area contributed by atoms with Gasteiger partial charge in [-0.2, -0.15) is 5.10 Å². The highest BCUT2D eigenvalue weighted by molar-refractivity contribution is 14.0. The third-order valence-corrected chi connectivity index (χ3v) is 2.71. The summed E-state index contributed by atoms with van der Waals surface area (Å²) in [4.78, 5) is 8.61. The summed E-state index contributed by atoms with van der Waals surface area (Å²) in [6.45, 7) is 7.78. The molecule has 1 heterocycles. The van der Waals surface area contributed by atoms with Crippen LogP contribution < -0.4 is 10.6 Å². The van der Waals surface area contributed by atoms with Gasteiger partial charge in [-0.05, 0) is 13.3 Å². The van der Waals surface area contributed by atoms with Crippen LogP contribution in [0.5, 0.6) is 0 Å². The summed E-state index contributed by atoms with van der Waals surface area (Å²) in [5, 5.41) is 10.4. The van der Waals surface area contributed by atoms with Gasteiger partial charge in [0.1, 0.15) is 18.7 Å². The molecule has 1 aromatic rings. The van der Waals surface area contributed by atoms with E-state index >= 15 is 0 Å². The molecule has 0 fully saturated rings. The molecule has 0 aliphatic carbocycles. The Hall–Kier alpha value is -0.900. The zero-order valence-electron chi connectivity index (χ0n) is 13.1. The lowest BCUT2D eigenvalue weighted by Gasteiger charge is -2.11. The number of nitrogens with zero attached hydrogens (tertiary/aromatic N) is 4. The highest BCUT2D eigenvalue weighted by Crippen LogP contribution is 1.93. The number of aromatic nitrogens is 3. The Morgan fingerprint density at radius 1 is 1.33 bits per heavy atom. The van der Waals surface area contributed by atoms with Gasteiger partial charge in [0.2, 0.25) is 0 Å². The minimum Gasteiger partial charge on any atom is -0.380 e. The largest absolute Gasteiger partial charge is 0.380 e. The lowest BCUT2D eigenvalue weighted by Crippen LogP contribution is -2.39. The minimum absolute atomic E-state index is 0. The van der Waals surface area contributed by atoms with Crippen LogP contribution >= 0.6 is 24.0 Å². The lowest BCUT2D eigenvalue weighted by atomic mass is 10.4. The molecule has 0 aliphatic heterocycles. The molecule has 0 saturated heterocycles. The van der Waals surface area contributed by atoms with E-state index in [-0.39, 0.29) is 24.0 Å². The smallest absolute Gasteiger partial charge is 0.191 e. The maximum Gasteiger partial charge on any atom is 0.191 e. The summed E-state index contributed by atoms with van der Waals surface area (Å²) < 4.78 is 7.22. The zero-order valence-corrected chi connectivity index (χ0v) is 15.5. The summed E-state index contributed by atoms with van der Waals surface area (Å²) in [5.74, 6) is 1.61. The van der Waals surface area contributed by atoms with E-state index in [4.69, 9.17) is 4.74 Å². The van der Waals surface area contributed by atoms with Gasteiger partial charge in [0.25, 0.3) is 0 Å². The predicted molar refractivity (Wildman–Crippen MR) is 95.0 cm³/mol. The first kappa shape index (κ1) is 20.1. The first-order valence-corrected chi connectivity index (χ1v) is 7.20. The van der Waals surface area contributed by atoms with E-state index in [1.165, 1.54) is 6.33 Å². The molecule has 7 nitrogen and oxygen atoms in total. The Kier molecular flexibility index (Phi) is 12.3. The van der Waals surface area contributed by atoms with E-state index in [1.807, 2.05) is 14.0 Å². The third-order valence-electron chi connectivity index (χ3n) is 2.71. The Labute approximate surface area is 144 Å². The molecule has 0 aliphatic rings. The molecule has 1 rings (SSSR count). The Bertz CT molecular complexity index is 396. The molecule has 0 atom stereocenters. The van der Waals surface area contributed by atoms with Gasteiger partial charge in [0, 0.05) is 26.7 Å². The number of guanidine groups is 1. The van der Waals surface area contributed by atoms with Crippen molar-refractivity contribution in [2.45, 2.75) is 33.2 Å². The second-order valence-electron chi connectivity index (χ2n) is 4.39. The number of hydrogen-bond donors (Lipinski definition) is 2. The van der Waals surface area contributed by atoms with Gasteiger partial charge in [-0.1, -0.05) is 13.3 Å². The summed E-state index contributed by atoms with van der Waals surface area (Å²) in [6, 6.07) is 0. The molecular formula is C13H27IN6O. The van der Waals surface area contributed by atoms with Gasteiger partial charge < -0.3 is 15.4 Å². The van der Waals surface area contributed by atoms with Crippen LogP contribution in [0, 0.1) is 0 Å². The van der Waals surface area contributed by atoms with Crippen molar-refractivity contribution in [3.8, 4) is 0 Å². The van der Waals surface area contributed by atoms with Crippen molar-refractivity contribution in [3.63, 3.8) is 0 Å². The van der Waals surface area contributed by atoms with Crippen molar-refractivity contribution in [2.24, 2.45) is 12.0 Å². The van der Waals surface area contributed by atoms with Crippen LogP contribution in [0.25, 0.3) is 0 Å². The molecule has 2 N–H and O–H groups in total. The second-order valence-corrected chi connectivity index (χ2v) is 4.39. The van der Waals surface area contributed by atoms with E-state index in [0.717, 1.165) is 44.3 Å². The van der Waals surface area contributed by atoms with Gasteiger partial charge in [0.15, 0.2) is 5.96 Å². The lowest BCUT2D eigenvalue weighted by molar-refractivity contribution is 0.136. The van der Waals surface area contributed by atoms with Crippen LogP contribution in [-0.2, 0) is 18.3 Å². The maximum absolute atomic E-state index is 5.50. The number of aryl methyl sites for hydroxylation is 1. The van der Waals surface area contributed by atoms with Crippen LogP contribution in [0.4, 0.5) is 0 Å². The van der Waals surface area contributed by atoms with E-state index in [9.17, 15) is 0 Å². The molecule has 8 heteroatoms. The molecule has 0 saturated carbocycles. The Morgan fingerprint density at radius 3 is 2.76 bits per heavy atom. The Morgan fingerprint density at radius 2 is 2.14 bits per heavy atom. The second kappa shape index (κ2) is 12.8. The number of nitrogens with one attached hydrogen (secondary N) is 2. The van der Waals surface area contributed by atoms with E-state index in [1.54, 1.807) is 4.68 Å². The normalized spacial score (nSPS) is 11.1. The molecule has 0 aromatic carbocycles. The van der Waals surface area contributed by atoms with Crippen LogP contribution in [0.2, 0.25) is 0 Å². The monoisotopic (exact) mass is 410 g/mol. The average molecular weight is 410 g/mol. The summed E-state index contributed by atoms with van der Waals surface area (Å²) >= 11 is 0. The molecular weight excluding hydrogens is 383 g/mol. The highest BCUT2D eigenvalue weighted by Gasteiger charge is 2.01. The number of unbranched alkanes of at least 4 members (excludes halogenated alkanes) is 1. The number of rotatable bonds is 9. The number of aliphatic imine (C=N–C) groups is 1. The van der Waals surface area contributed by atoms with Gasteiger partial charge in [-0.15, -0.1) is 24.0 Å². The fourth-order valence-electron chi connectivity index (χ4n) is 1.54. The SMILES string of the molecule is CCCCOCCNC(=NCc1ncnn1C)NCC.I. The Balaban J connectivity index is 0.00000400. The van der Waals surface area contributed by atoms with E-state index < -0.39 is 0 Å². The fourth-order valence-corrected chi connectivity index (χ4v) is 1.54. The topological polar surface area (TPSA) is 76.4 Å². The van der Waals surface area contributed by atoms with Crippen molar-refractivity contribution < 1.29 is 4.74 Å². The van der Waals surface area contributed by atoms with Gasteiger partial charge >= 0.3 is 0 Å². The molecule has 0 radical (unpaired) electrons. The van der Waals surface area contributed by atoms with Crippen LogP contribution in [-0.4, -0.2) is 47.0 Å². The van der Waals surface area contributed by atoms with Crippen molar-refractivity contribution >= 4 is 29.9 Å². The van der Waals surface area contributed by atoms with Gasteiger partial charge in [-0.25, -0.2) is 9.98 Å². The zero-order chi connectivity index (χ0) is 14.6. The molecule has 0 amide bonds. The van der Waals surface area contributed by atoms with E-state index in [0.29, 0.717) is 13.2 Å². The molecule has 1 aromatic heterocycles. The molecule has 21 heavy (non-hydrogen) atoms.